The molecule has 4 nitrogen and oxygen atoms in total. The molecule has 1 heterocycles. The monoisotopic (exact) mass is 256 g/mol. The normalized spacial score (nSPS) is 10.5. The van der Waals surface area contributed by atoms with Gasteiger partial charge in [-0.1, -0.05) is 23.8 Å². The maximum Gasteiger partial charge on any atom is 0.131 e. The molecule has 19 heavy (non-hydrogen) atoms. The van der Waals surface area contributed by atoms with Crippen molar-refractivity contribution in [2.24, 2.45) is 5.73 Å². The lowest BCUT2D eigenvalue weighted by atomic mass is 10.1. The zero-order chi connectivity index (χ0) is 13.7. The van der Waals surface area contributed by atoms with Gasteiger partial charge in [-0.15, -0.1) is 0 Å². The van der Waals surface area contributed by atoms with E-state index in [1.165, 1.54) is 16.7 Å². The highest BCUT2D eigenvalue weighted by molar-refractivity contribution is 5.37. The molecule has 0 radical (unpaired) electrons. The standard InChI is InChI=1S/C15H20N4/c1-11-3-4-13(12(2)9-11)10-18-15-6-8-17-14(19-15)5-7-16/h3-4,6,8-9H,5,7,10,16H2,1-2H3,(H,17,18,19). The quantitative estimate of drug-likeness (QED) is 0.861. The van der Waals surface area contributed by atoms with E-state index < -0.39 is 0 Å². The van der Waals surface area contributed by atoms with Gasteiger partial charge in [0.2, 0.25) is 0 Å². The van der Waals surface area contributed by atoms with E-state index >= 15 is 0 Å². The molecule has 4 heteroatoms. The van der Waals surface area contributed by atoms with Gasteiger partial charge in [-0.2, -0.15) is 0 Å². The molecule has 0 unspecified atom stereocenters. The zero-order valence-electron chi connectivity index (χ0n) is 11.5. The van der Waals surface area contributed by atoms with E-state index in [1.807, 2.05) is 6.07 Å². The van der Waals surface area contributed by atoms with Gasteiger partial charge in [-0.25, -0.2) is 9.97 Å². The van der Waals surface area contributed by atoms with Crippen LogP contribution in [0.15, 0.2) is 30.5 Å². The summed E-state index contributed by atoms with van der Waals surface area (Å²) in [5.41, 5.74) is 9.37. The van der Waals surface area contributed by atoms with E-state index in [2.05, 4.69) is 47.3 Å². The summed E-state index contributed by atoms with van der Waals surface area (Å²) in [6, 6.07) is 8.35. The molecule has 3 N–H and O–H groups in total. The van der Waals surface area contributed by atoms with Crippen molar-refractivity contribution in [3.63, 3.8) is 0 Å². The third-order valence-corrected chi connectivity index (χ3v) is 3.03. The first-order valence-corrected chi connectivity index (χ1v) is 6.51. The second kappa shape index (κ2) is 6.29. The number of aryl methyl sites for hydroxylation is 2. The molecule has 1 aromatic carbocycles. The fourth-order valence-electron chi connectivity index (χ4n) is 1.98. The Hall–Kier alpha value is -1.94. The highest BCUT2D eigenvalue weighted by Crippen LogP contribution is 2.12. The molecule has 0 fully saturated rings. The van der Waals surface area contributed by atoms with Gasteiger partial charge in [-0.05, 0) is 37.6 Å². The molecule has 2 rings (SSSR count). The van der Waals surface area contributed by atoms with Crippen molar-refractivity contribution in [1.29, 1.82) is 0 Å². The largest absolute Gasteiger partial charge is 0.366 e. The smallest absolute Gasteiger partial charge is 0.131 e. The molecule has 0 aliphatic rings. The number of nitrogens with two attached hydrogens (primary N) is 1. The van der Waals surface area contributed by atoms with Gasteiger partial charge in [0.15, 0.2) is 0 Å². The van der Waals surface area contributed by atoms with Gasteiger partial charge in [0.05, 0.1) is 0 Å². The Morgan fingerprint density at radius 2 is 2.05 bits per heavy atom. The van der Waals surface area contributed by atoms with Crippen LogP contribution < -0.4 is 11.1 Å². The lowest BCUT2D eigenvalue weighted by Gasteiger charge is -2.09. The molecule has 0 amide bonds. The van der Waals surface area contributed by atoms with Crippen LogP contribution in [-0.2, 0) is 13.0 Å². The molecule has 0 atom stereocenters. The van der Waals surface area contributed by atoms with E-state index in [1.54, 1.807) is 6.20 Å². The SMILES string of the molecule is Cc1ccc(CNc2ccnc(CCN)n2)c(C)c1. The fourth-order valence-corrected chi connectivity index (χ4v) is 1.98. The van der Waals surface area contributed by atoms with E-state index in [0.717, 1.165) is 18.2 Å². The molecule has 100 valence electrons. The van der Waals surface area contributed by atoms with Gasteiger partial charge in [0.1, 0.15) is 11.6 Å². The van der Waals surface area contributed by atoms with Gasteiger partial charge >= 0.3 is 0 Å². The topological polar surface area (TPSA) is 63.8 Å². The van der Waals surface area contributed by atoms with Crippen molar-refractivity contribution >= 4 is 5.82 Å². The molecular formula is C15H20N4. The summed E-state index contributed by atoms with van der Waals surface area (Å²) < 4.78 is 0. The molecule has 2 aromatic rings. The molecule has 1 aromatic heterocycles. The average molecular weight is 256 g/mol. The number of rotatable bonds is 5. The minimum absolute atomic E-state index is 0.570. The number of hydrogen-bond acceptors (Lipinski definition) is 4. The summed E-state index contributed by atoms with van der Waals surface area (Å²) in [7, 11) is 0. The Labute approximate surface area is 114 Å². The lowest BCUT2D eigenvalue weighted by Crippen LogP contribution is -2.09. The summed E-state index contributed by atoms with van der Waals surface area (Å²) in [5, 5.41) is 3.33. The van der Waals surface area contributed by atoms with Crippen LogP contribution >= 0.6 is 0 Å². The van der Waals surface area contributed by atoms with Crippen LogP contribution in [0, 0.1) is 13.8 Å². The number of anilines is 1. The van der Waals surface area contributed by atoms with Gasteiger partial charge < -0.3 is 11.1 Å². The summed E-state index contributed by atoms with van der Waals surface area (Å²) in [6.45, 7) is 5.57. The van der Waals surface area contributed by atoms with Crippen LogP contribution in [0.2, 0.25) is 0 Å². The summed E-state index contributed by atoms with van der Waals surface area (Å²) in [6.07, 6.45) is 2.47. The van der Waals surface area contributed by atoms with Crippen molar-refractivity contribution in [2.45, 2.75) is 26.8 Å². The maximum absolute atomic E-state index is 5.51. The molecule has 0 aliphatic carbocycles. The van der Waals surface area contributed by atoms with E-state index in [0.29, 0.717) is 13.0 Å². The highest BCUT2D eigenvalue weighted by Gasteiger charge is 2.01. The van der Waals surface area contributed by atoms with Crippen molar-refractivity contribution < 1.29 is 0 Å². The van der Waals surface area contributed by atoms with Crippen LogP contribution in [0.1, 0.15) is 22.5 Å². The first-order valence-electron chi connectivity index (χ1n) is 6.51. The number of hydrogen-bond donors (Lipinski definition) is 2. The Morgan fingerprint density at radius 1 is 1.21 bits per heavy atom. The Bertz CT molecular complexity index is 552. The molecule has 0 aliphatic heterocycles. The Morgan fingerprint density at radius 3 is 2.79 bits per heavy atom. The second-order valence-corrected chi connectivity index (χ2v) is 4.68. The van der Waals surface area contributed by atoms with Crippen molar-refractivity contribution in [3.05, 3.63) is 53.0 Å². The van der Waals surface area contributed by atoms with Crippen molar-refractivity contribution in [3.8, 4) is 0 Å². The van der Waals surface area contributed by atoms with Crippen LogP contribution in [0.25, 0.3) is 0 Å². The van der Waals surface area contributed by atoms with E-state index in [-0.39, 0.29) is 0 Å². The average Bonchev–Trinajstić information content (AvgIpc) is 2.38. The number of nitrogens with one attached hydrogen (secondary N) is 1. The number of benzene rings is 1. The predicted octanol–water partition coefficient (Wildman–Crippen LogP) is 2.21. The van der Waals surface area contributed by atoms with Gasteiger partial charge in [0, 0.05) is 19.2 Å². The minimum atomic E-state index is 0.570. The van der Waals surface area contributed by atoms with E-state index in [9.17, 15) is 0 Å². The first-order chi connectivity index (χ1) is 9.19. The first kappa shape index (κ1) is 13.5. The molecular weight excluding hydrogens is 236 g/mol. The Kier molecular flexibility index (Phi) is 4.47. The van der Waals surface area contributed by atoms with Gasteiger partial charge in [-0.3, -0.25) is 0 Å². The summed E-state index contributed by atoms with van der Waals surface area (Å²) in [5.74, 6) is 1.63. The summed E-state index contributed by atoms with van der Waals surface area (Å²) >= 11 is 0. The van der Waals surface area contributed by atoms with Crippen LogP contribution in [0.4, 0.5) is 5.82 Å². The second-order valence-electron chi connectivity index (χ2n) is 4.68. The predicted molar refractivity (Wildman–Crippen MR) is 78.0 cm³/mol. The maximum atomic E-state index is 5.51. The minimum Gasteiger partial charge on any atom is -0.366 e. The molecule has 0 saturated carbocycles. The van der Waals surface area contributed by atoms with E-state index in [4.69, 9.17) is 5.73 Å². The summed E-state index contributed by atoms with van der Waals surface area (Å²) in [4.78, 5) is 8.60. The van der Waals surface area contributed by atoms with Crippen molar-refractivity contribution in [1.82, 2.24) is 9.97 Å². The fraction of sp³-hybridized carbons (Fsp3) is 0.333. The van der Waals surface area contributed by atoms with Gasteiger partial charge in [0.25, 0.3) is 0 Å². The third-order valence-electron chi connectivity index (χ3n) is 3.03. The third kappa shape index (κ3) is 3.76. The molecule has 0 bridgehead atoms. The molecule has 0 spiro atoms. The lowest BCUT2D eigenvalue weighted by molar-refractivity contribution is 0.865. The highest BCUT2D eigenvalue weighted by atomic mass is 15.0. The van der Waals surface area contributed by atoms with Crippen molar-refractivity contribution in [2.75, 3.05) is 11.9 Å². The van der Waals surface area contributed by atoms with Crippen LogP contribution in [-0.4, -0.2) is 16.5 Å². The van der Waals surface area contributed by atoms with Crippen LogP contribution in [0.5, 0.6) is 0 Å². The number of nitrogens with zero attached hydrogens (tertiary/aromatic N) is 2. The van der Waals surface area contributed by atoms with Crippen LogP contribution in [0.3, 0.4) is 0 Å². The number of aromatic nitrogens is 2. The zero-order valence-corrected chi connectivity index (χ0v) is 11.5. The molecule has 0 saturated heterocycles. The Balaban J connectivity index is 2.03.